The average molecular weight is 472 g/mol. The van der Waals surface area contributed by atoms with Gasteiger partial charge in [-0.15, -0.1) is 0 Å². The number of nitrogens with one attached hydrogen (secondary N) is 2. The van der Waals surface area contributed by atoms with Crippen molar-refractivity contribution in [3.63, 3.8) is 0 Å². The zero-order valence-corrected chi connectivity index (χ0v) is 20.7. The van der Waals surface area contributed by atoms with Gasteiger partial charge in [-0.25, -0.2) is 0 Å². The normalized spacial score (nSPS) is 17.0. The summed E-state index contributed by atoms with van der Waals surface area (Å²) in [6, 6.07) is 14.1. The lowest BCUT2D eigenvalue weighted by Crippen LogP contribution is -2.36. The number of amides is 1. The number of nitrogens with zero attached hydrogens (tertiary/aromatic N) is 1. The van der Waals surface area contributed by atoms with Crippen LogP contribution in [0.3, 0.4) is 0 Å². The average Bonchev–Trinajstić information content (AvgIpc) is 3.34. The van der Waals surface area contributed by atoms with Crippen molar-refractivity contribution < 1.29 is 14.3 Å². The molecule has 1 aromatic heterocycles. The number of morpholine rings is 1. The van der Waals surface area contributed by atoms with Crippen LogP contribution in [-0.4, -0.2) is 55.7 Å². The summed E-state index contributed by atoms with van der Waals surface area (Å²) in [7, 11) is 1.67. The standard InChI is InChI=1S/C29H33N3O3/c1-19-24(8-5-11-32-12-14-35-15-13-32)20(2)30-27(19)18-26-25-10-9-22(17-28(25)31-29(26)33)21-6-4-7-23(16-21)34-3/h4,6-7,9-10,16-18,30H,5,8,11-15H2,1-3H3,(H,31,33)/b26-18-. The molecule has 2 N–H and O–H groups in total. The fourth-order valence-electron chi connectivity index (χ4n) is 5.10. The molecule has 0 unspecified atom stereocenters. The smallest absolute Gasteiger partial charge is 0.256 e. The first-order valence-corrected chi connectivity index (χ1v) is 12.3. The number of methoxy groups -OCH3 is 1. The number of anilines is 1. The fourth-order valence-corrected chi connectivity index (χ4v) is 5.10. The molecule has 5 rings (SSSR count). The van der Waals surface area contributed by atoms with E-state index in [0.717, 1.165) is 79.5 Å². The summed E-state index contributed by atoms with van der Waals surface area (Å²) in [5, 5.41) is 3.05. The van der Waals surface area contributed by atoms with Gasteiger partial charge in [-0.2, -0.15) is 0 Å². The Bertz CT molecular complexity index is 1270. The van der Waals surface area contributed by atoms with E-state index in [1.165, 1.54) is 16.8 Å². The lowest BCUT2D eigenvalue weighted by Gasteiger charge is -2.26. The summed E-state index contributed by atoms with van der Waals surface area (Å²) in [6.45, 7) is 9.10. The molecule has 1 fully saturated rings. The number of hydrogen-bond acceptors (Lipinski definition) is 4. The molecule has 2 aliphatic rings. The van der Waals surface area contributed by atoms with E-state index in [-0.39, 0.29) is 5.91 Å². The second kappa shape index (κ2) is 10.1. The molecule has 0 spiro atoms. The summed E-state index contributed by atoms with van der Waals surface area (Å²) >= 11 is 0. The van der Waals surface area contributed by atoms with E-state index < -0.39 is 0 Å². The highest BCUT2D eigenvalue weighted by molar-refractivity contribution is 6.35. The Morgan fingerprint density at radius 3 is 2.69 bits per heavy atom. The van der Waals surface area contributed by atoms with Crippen LogP contribution in [-0.2, 0) is 16.0 Å². The van der Waals surface area contributed by atoms with Crippen LogP contribution in [0.1, 0.15) is 34.5 Å². The van der Waals surface area contributed by atoms with Crippen LogP contribution >= 0.6 is 0 Å². The summed E-state index contributed by atoms with van der Waals surface area (Å²) in [4.78, 5) is 18.9. The molecule has 1 saturated heterocycles. The summed E-state index contributed by atoms with van der Waals surface area (Å²) in [5.74, 6) is 0.745. The monoisotopic (exact) mass is 471 g/mol. The van der Waals surface area contributed by atoms with Gasteiger partial charge in [-0.1, -0.05) is 24.3 Å². The highest BCUT2D eigenvalue weighted by Crippen LogP contribution is 2.37. The van der Waals surface area contributed by atoms with Gasteiger partial charge in [0.05, 0.1) is 25.9 Å². The van der Waals surface area contributed by atoms with Gasteiger partial charge in [0.15, 0.2) is 0 Å². The quantitative estimate of drug-likeness (QED) is 0.473. The first-order chi connectivity index (χ1) is 17.0. The van der Waals surface area contributed by atoms with E-state index in [2.05, 4.69) is 35.1 Å². The predicted octanol–water partition coefficient (Wildman–Crippen LogP) is 5.06. The van der Waals surface area contributed by atoms with Crippen molar-refractivity contribution in [3.05, 3.63) is 70.5 Å². The lowest BCUT2D eigenvalue weighted by molar-refractivity contribution is -0.110. The number of aromatic amines is 1. The van der Waals surface area contributed by atoms with Gasteiger partial charge in [0.25, 0.3) is 5.91 Å². The van der Waals surface area contributed by atoms with Crippen LogP contribution in [0.5, 0.6) is 5.75 Å². The van der Waals surface area contributed by atoms with E-state index >= 15 is 0 Å². The van der Waals surface area contributed by atoms with Crippen molar-refractivity contribution in [2.75, 3.05) is 45.3 Å². The van der Waals surface area contributed by atoms with Gasteiger partial charge < -0.3 is 19.8 Å². The van der Waals surface area contributed by atoms with Crippen LogP contribution in [0, 0.1) is 13.8 Å². The first-order valence-electron chi connectivity index (χ1n) is 12.3. The minimum atomic E-state index is -0.0664. The molecule has 3 heterocycles. The summed E-state index contributed by atoms with van der Waals surface area (Å²) in [6.07, 6.45) is 4.15. The third kappa shape index (κ3) is 4.90. The maximum Gasteiger partial charge on any atom is 0.256 e. The number of fused-ring (bicyclic) bond motifs is 1. The Morgan fingerprint density at radius 2 is 1.89 bits per heavy atom. The first kappa shape index (κ1) is 23.4. The Hall–Kier alpha value is -3.35. The van der Waals surface area contributed by atoms with Crippen molar-refractivity contribution in [1.29, 1.82) is 0 Å². The third-order valence-corrected chi connectivity index (χ3v) is 7.13. The zero-order valence-electron chi connectivity index (χ0n) is 20.7. The number of hydrogen-bond donors (Lipinski definition) is 2. The van der Waals surface area contributed by atoms with E-state index in [0.29, 0.717) is 5.57 Å². The molecular formula is C29H33N3O3. The van der Waals surface area contributed by atoms with E-state index in [1.807, 2.05) is 42.5 Å². The third-order valence-electron chi connectivity index (χ3n) is 7.13. The molecule has 6 heteroatoms. The highest BCUT2D eigenvalue weighted by atomic mass is 16.5. The van der Waals surface area contributed by atoms with Crippen molar-refractivity contribution in [2.45, 2.75) is 26.7 Å². The molecule has 0 saturated carbocycles. The molecule has 1 amide bonds. The van der Waals surface area contributed by atoms with E-state index in [9.17, 15) is 4.79 Å². The highest BCUT2D eigenvalue weighted by Gasteiger charge is 2.25. The topological polar surface area (TPSA) is 66.6 Å². The second-order valence-electron chi connectivity index (χ2n) is 9.33. The van der Waals surface area contributed by atoms with E-state index in [1.54, 1.807) is 7.11 Å². The number of H-pyrrole nitrogens is 1. The number of carbonyl (C=O) groups is 1. The number of rotatable bonds is 7. The number of aromatic nitrogens is 1. The maximum atomic E-state index is 12.9. The Kier molecular flexibility index (Phi) is 6.75. The molecule has 182 valence electrons. The largest absolute Gasteiger partial charge is 0.497 e. The van der Waals surface area contributed by atoms with E-state index in [4.69, 9.17) is 9.47 Å². The second-order valence-corrected chi connectivity index (χ2v) is 9.33. The number of carbonyl (C=O) groups excluding carboxylic acids is 1. The maximum absolute atomic E-state index is 12.9. The van der Waals surface area contributed by atoms with Gasteiger partial charge in [-0.3, -0.25) is 9.69 Å². The van der Waals surface area contributed by atoms with Crippen LogP contribution in [0.2, 0.25) is 0 Å². The van der Waals surface area contributed by atoms with Gasteiger partial charge in [0.2, 0.25) is 0 Å². The van der Waals surface area contributed by atoms with Gasteiger partial charge in [0, 0.05) is 35.7 Å². The number of aryl methyl sites for hydroxylation is 1. The molecule has 0 atom stereocenters. The molecule has 2 aromatic carbocycles. The number of ether oxygens (including phenoxy) is 2. The van der Waals surface area contributed by atoms with Gasteiger partial charge in [-0.05, 0) is 79.8 Å². The van der Waals surface area contributed by atoms with Crippen LogP contribution in [0.15, 0.2) is 42.5 Å². The Balaban J connectivity index is 1.36. The number of benzene rings is 2. The van der Waals surface area contributed by atoms with Crippen molar-refractivity contribution in [1.82, 2.24) is 9.88 Å². The summed E-state index contributed by atoms with van der Waals surface area (Å²) in [5.41, 5.74) is 9.34. The zero-order chi connectivity index (χ0) is 24.4. The van der Waals surface area contributed by atoms with Gasteiger partial charge >= 0.3 is 0 Å². The molecule has 3 aromatic rings. The van der Waals surface area contributed by atoms with Crippen LogP contribution in [0.25, 0.3) is 22.8 Å². The molecule has 6 nitrogen and oxygen atoms in total. The SMILES string of the molecule is COc1cccc(-c2ccc3c(c2)NC(=O)/C3=C\c2[nH]c(C)c(CCCN3CCOCC3)c2C)c1. The molecule has 0 radical (unpaired) electrons. The summed E-state index contributed by atoms with van der Waals surface area (Å²) < 4.78 is 10.8. The molecular weight excluding hydrogens is 438 g/mol. The van der Waals surface area contributed by atoms with Crippen molar-refractivity contribution in [3.8, 4) is 16.9 Å². The molecule has 0 bridgehead atoms. The molecule has 2 aliphatic heterocycles. The lowest BCUT2D eigenvalue weighted by atomic mass is 9.99. The molecule has 0 aliphatic carbocycles. The van der Waals surface area contributed by atoms with Crippen LogP contribution in [0.4, 0.5) is 5.69 Å². The fraction of sp³-hybridized carbons (Fsp3) is 0.345. The van der Waals surface area contributed by atoms with Crippen molar-refractivity contribution >= 4 is 23.2 Å². The minimum absolute atomic E-state index is 0.0664. The predicted molar refractivity (Wildman–Crippen MR) is 141 cm³/mol. The molecule has 35 heavy (non-hydrogen) atoms. The minimum Gasteiger partial charge on any atom is -0.497 e. The Morgan fingerprint density at radius 1 is 1.09 bits per heavy atom. The van der Waals surface area contributed by atoms with Crippen molar-refractivity contribution in [2.24, 2.45) is 0 Å². The van der Waals surface area contributed by atoms with Crippen LogP contribution < -0.4 is 10.1 Å². The Labute approximate surface area is 206 Å². The van der Waals surface area contributed by atoms with Gasteiger partial charge in [0.1, 0.15) is 5.75 Å².